The van der Waals surface area contributed by atoms with Crippen molar-refractivity contribution >= 4 is 5.91 Å². The van der Waals surface area contributed by atoms with Gasteiger partial charge in [0.15, 0.2) is 0 Å². The van der Waals surface area contributed by atoms with Gasteiger partial charge in [0.05, 0.1) is 6.61 Å². The van der Waals surface area contributed by atoms with Crippen LogP contribution in [0.1, 0.15) is 54.1 Å². The highest BCUT2D eigenvalue weighted by Gasteiger charge is 2.36. The first-order chi connectivity index (χ1) is 15.2. The zero-order valence-electron chi connectivity index (χ0n) is 17.3. The second-order valence-electron chi connectivity index (χ2n) is 8.26. The average molecular weight is 423 g/mol. The molecule has 9 nitrogen and oxygen atoms in total. The fourth-order valence-corrected chi connectivity index (χ4v) is 3.71. The number of ether oxygens (including phenoxy) is 1. The van der Waals surface area contributed by atoms with Gasteiger partial charge in [-0.05, 0) is 19.8 Å². The molecule has 2 aromatic heterocycles. The van der Waals surface area contributed by atoms with Crippen LogP contribution < -0.4 is 10.6 Å². The molecule has 2 fully saturated rings. The topological polar surface area (TPSA) is 115 Å². The van der Waals surface area contributed by atoms with Crippen LogP contribution in [0.2, 0.25) is 0 Å². The van der Waals surface area contributed by atoms with Crippen LogP contribution >= 0.6 is 0 Å². The number of carbonyl (C=O) groups is 1. The van der Waals surface area contributed by atoms with Gasteiger partial charge in [-0.15, -0.1) is 10.2 Å². The zero-order chi connectivity index (χ0) is 21.2. The van der Waals surface area contributed by atoms with Gasteiger partial charge in [-0.25, -0.2) is 0 Å². The van der Waals surface area contributed by atoms with E-state index in [4.69, 9.17) is 13.7 Å². The van der Waals surface area contributed by atoms with Crippen LogP contribution in [-0.4, -0.2) is 47.0 Å². The Labute approximate surface area is 179 Å². The molecule has 1 aromatic carbocycles. The Morgan fingerprint density at radius 1 is 1.26 bits per heavy atom. The summed E-state index contributed by atoms with van der Waals surface area (Å²) >= 11 is 0. The molecule has 1 aliphatic carbocycles. The third-order valence-corrected chi connectivity index (χ3v) is 5.88. The molecule has 0 radical (unpaired) electrons. The predicted octanol–water partition coefficient (Wildman–Crippen LogP) is 2.70. The Balaban J connectivity index is 1.10. The van der Waals surface area contributed by atoms with E-state index in [0.29, 0.717) is 30.0 Å². The molecule has 1 saturated heterocycles. The summed E-state index contributed by atoms with van der Waals surface area (Å²) in [4.78, 5) is 12.5. The molecule has 1 aliphatic heterocycles. The summed E-state index contributed by atoms with van der Waals surface area (Å²) in [7, 11) is 0. The van der Waals surface area contributed by atoms with Crippen LogP contribution in [0.4, 0.5) is 0 Å². The SMILES string of the molecule is CC(OCC1CNC1)c1nnc(C2CC(NC(=O)c3cc(-c4ccccc4)no3)C2)o1. The molecule has 2 N–H and O–H groups in total. The quantitative estimate of drug-likeness (QED) is 0.568. The minimum absolute atomic E-state index is 0.0397. The Hall–Kier alpha value is -3.04. The van der Waals surface area contributed by atoms with Gasteiger partial charge in [-0.2, -0.15) is 0 Å². The van der Waals surface area contributed by atoms with Gasteiger partial charge in [0.25, 0.3) is 5.91 Å². The lowest BCUT2D eigenvalue weighted by Gasteiger charge is -2.33. The molecular weight excluding hydrogens is 398 g/mol. The molecule has 2 aliphatic rings. The summed E-state index contributed by atoms with van der Waals surface area (Å²) in [5.41, 5.74) is 1.55. The highest BCUT2D eigenvalue weighted by Crippen LogP contribution is 2.37. The number of hydrogen-bond acceptors (Lipinski definition) is 8. The van der Waals surface area contributed by atoms with Crippen molar-refractivity contribution in [2.45, 2.75) is 37.8 Å². The highest BCUT2D eigenvalue weighted by atomic mass is 16.5. The highest BCUT2D eigenvalue weighted by molar-refractivity contribution is 5.92. The van der Waals surface area contributed by atoms with E-state index in [-0.39, 0.29) is 29.7 Å². The van der Waals surface area contributed by atoms with Crippen LogP contribution in [0, 0.1) is 5.92 Å². The molecule has 1 saturated carbocycles. The number of amides is 1. The first kappa shape index (κ1) is 19.9. The smallest absolute Gasteiger partial charge is 0.290 e. The van der Waals surface area contributed by atoms with E-state index in [9.17, 15) is 4.79 Å². The van der Waals surface area contributed by atoms with E-state index in [1.54, 1.807) is 6.07 Å². The normalized spacial score (nSPS) is 21.8. The van der Waals surface area contributed by atoms with Crippen molar-refractivity contribution in [2.24, 2.45) is 5.92 Å². The molecular formula is C22H25N5O4. The van der Waals surface area contributed by atoms with Crippen molar-refractivity contribution in [1.29, 1.82) is 0 Å². The van der Waals surface area contributed by atoms with E-state index in [2.05, 4.69) is 26.0 Å². The zero-order valence-corrected chi connectivity index (χ0v) is 17.3. The summed E-state index contributed by atoms with van der Waals surface area (Å²) in [5.74, 6) is 1.75. The third-order valence-electron chi connectivity index (χ3n) is 5.88. The fourth-order valence-electron chi connectivity index (χ4n) is 3.71. The van der Waals surface area contributed by atoms with Crippen LogP contribution in [0.25, 0.3) is 11.3 Å². The maximum atomic E-state index is 12.5. The second kappa shape index (κ2) is 8.60. The molecule has 1 amide bonds. The Kier molecular flexibility index (Phi) is 5.52. The molecule has 3 heterocycles. The monoisotopic (exact) mass is 423 g/mol. The number of rotatable bonds is 8. The van der Waals surface area contributed by atoms with Crippen molar-refractivity contribution in [3.05, 3.63) is 53.9 Å². The van der Waals surface area contributed by atoms with Crippen molar-refractivity contribution in [1.82, 2.24) is 26.0 Å². The largest absolute Gasteiger partial charge is 0.422 e. The van der Waals surface area contributed by atoms with Crippen molar-refractivity contribution < 1.29 is 18.5 Å². The van der Waals surface area contributed by atoms with Gasteiger partial charge in [0.1, 0.15) is 11.8 Å². The molecule has 1 unspecified atom stereocenters. The van der Waals surface area contributed by atoms with E-state index >= 15 is 0 Å². The second-order valence-corrected chi connectivity index (χ2v) is 8.26. The van der Waals surface area contributed by atoms with Gasteiger partial charge >= 0.3 is 0 Å². The van der Waals surface area contributed by atoms with E-state index in [1.165, 1.54) is 0 Å². The lowest BCUT2D eigenvalue weighted by molar-refractivity contribution is 0.0113. The molecule has 1 atom stereocenters. The maximum absolute atomic E-state index is 12.5. The van der Waals surface area contributed by atoms with Gasteiger partial charge in [0.2, 0.25) is 17.5 Å². The summed E-state index contributed by atoms with van der Waals surface area (Å²) in [5, 5.41) is 18.5. The van der Waals surface area contributed by atoms with Crippen LogP contribution in [0.3, 0.4) is 0 Å². The molecule has 5 rings (SSSR count). The minimum Gasteiger partial charge on any atom is -0.422 e. The Bertz CT molecular complexity index is 1020. The summed E-state index contributed by atoms with van der Waals surface area (Å²) in [6.45, 7) is 4.61. The van der Waals surface area contributed by atoms with Gasteiger partial charge in [-0.1, -0.05) is 35.5 Å². The van der Waals surface area contributed by atoms with E-state index in [1.807, 2.05) is 37.3 Å². The van der Waals surface area contributed by atoms with Crippen LogP contribution in [0.5, 0.6) is 0 Å². The lowest BCUT2D eigenvalue weighted by Crippen LogP contribution is -2.44. The summed E-state index contributed by atoms with van der Waals surface area (Å²) < 4.78 is 16.9. The molecule has 3 aromatic rings. The van der Waals surface area contributed by atoms with Gasteiger partial charge < -0.3 is 24.3 Å². The molecule has 31 heavy (non-hydrogen) atoms. The fraction of sp³-hybridized carbons (Fsp3) is 0.455. The van der Waals surface area contributed by atoms with E-state index < -0.39 is 0 Å². The first-order valence-corrected chi connectivity index (χ1v) is 10.6. The Morgan fingerprint density at radius 2 is 2.06 bits per heavy atom. The number of nitrogens with zero attached hydrogens (tertiary/aromatic N) is 3. The van der Waals surface area contributed by atoms with Crippen LogP contribution in [-0.2, 0) is 4.74 Å². The number of carbonyl (C=O) groups excluding carboxylic acids is 1. The number of hydrogen-bond donors (Lipinski definition) is 2. The summed E-state index contributed by atoms with van der Waals surface area (Å²) in [6, 6.07) is 11.3. The van der Waals surface area contributed by atoms with Crippen molar-refractivity contribution in [3.8, 4) is 11.3 Å². The van der Waals surface area contributed by atoms with Gasteiger partial charge in [0, 0.05) is 42.6 Å². The first-order valence-electron chi connectivity index (χ1n) is 10.6. The molecule has 0 spiro atoms. The number of benzene rings is 1. The van der Waals surface area contributed by atoms with Crippen LogP contribution in [0.15, 0.2) is 45.3 Å². The van der Waals surface area contributed by atoms with Crippen molar-refractivity contribution in [2.75, 3.05) is 19.7 Å². The lowest BCUT2D eigenvalue weighted by atomic mass is 9.80. The maximum Gasteiger partial charge on any atom is 0.290 e. The van der Waals surface area contributed by atoms with E-state index in [0.717, 1.165) is 31.5 Å². The summed E-state index contributed by atoms with van der Waals surface area (Å²) in [6.07, 6.45) is 1.27. The predicted molar refractivity (Wildman–Crippen MR) is 110 cm³/mol. The minimum atomic E-state index is -0.267. The molecule has 9 heteroatoms. The van der Waals surface area contributed by atoms with Gasteiger partial charge in [-0.3, -0.25) is 4.79 Å². The standard InChI is InChI=1S/C22H25N5O4/c1-13(29-12-14-10-23-11-14)21-25-26-22(30-21)16-7-17(8-16)24-20(28)19-9-18(27-31-19)15-5-3-2-4-6-15/h2-6,9,13-14,16-17,23H,7-8,10-12H2,1H3,(H,24,28). The molecule has 0 bridgehead atoms. The molecule has 162 valence electrons. The number of nitrogens with one attached hydrogen (secondary N) is 2. The average Bonchev–Trinajstić information content (AvgIpc) is 3.40. The number of aromatic nitrogens is 3. The Morgan fingerprint density at radius 3 is 2.81 bits per heavy atom. The third kappa shape index (κ3) is 4.38. The van der Waals surface area contributed by atoms with Crippen molar-refractivity contribution in [3.63, 3.8) is 0 Å².